The zero-order valence-corrected chi connectivity index (χ0v) is 21.4. The molecule has 6 nitrogen and oxygen atoms in total. The number of nitrogens with zero attached hydrogens (tertiary/aromatic N) is 1. The standard InChI is InChI=1S/C27H39F3N2O4/c1-18(2)25(9-7-21(16-25)31-22-8-14-36-17-23(22)35-3)24(33)32-12-10-26(34,11-13-32)19-5-4-6-20(15-19)27(28,29)30/h4-6,15,18,21-23,31,34H,7-14,16-17H2,1-3H3. The molecule has 9 heteroatoms. The van der Waals surface area contributed by atoms with Crippen molar-refractivity contribution in [1.29, 1.82) is 0 Å². The average molecular weight is 513 g/mol. The number of ether oxygens (including phenoxy) is 2. The summed E-state index contributed by atoms with van der Waals surface area (Å²) in [6, 6.07) is 5.33. The molecule has 1 aromatic rings. The molecule has 0 aromatic heterocycles. The first kappa shape index (κ1) is 27.4. The van der Waals surface area contributed by atoms with Gasteiger partial charge in [0, 0.05) is 38.9 Å². The van der Waals surface area contributed by atoms with E-state index in [9.17, 15) is 23.1 Å². The van der Waals surface area contributed by atoms with Crippen molar-refractivity contribution in [2.75, 3.05) is 33.4 Å². The molecule has 4 atom stereocenters. The number of amides is 1. The van der Waals surface area contributed by atoms with E-state index in [-0.39, 0.29) is 48.4 Å². The summed E-state index contributed by atoms with van der Waals surface area (Å²) < 4.78 is 50.7. The molecule has 3 fully saturated rings. The maximum absolute atomic E-state index is 13.9. The van der Waals surface area contributed by atoms with Crippen molar-refractivity contribution < 1.29 is 32.5 Å². The van der Waals surface area contributed by atoms with Gasteiger partial charge in [0.2, 0.25) is 5.91 Å². The summed E-state index contributed by atoms with van der Waals surface area (Å²) in [5.41, 5.74) is -2.37. The van der Waals surface area contributed by atoms with Gasteiger partial charge in [0.05, 0.1) is 29.3 Å². The monoisotopic (exact) mass is 512 g/mol. The molecular weight excluding hydrogens is 473 g/mol. The highest BCUT2D eigenvalue weighted by Gasteiger charge is 2.51. The largest absolute Gasteiger partial charge is 0.416 e. The first-order chi connectivity index (χ1) is 17.0. The van der Waals surface area contributed by atoms with Gasteiger partial charge in [-0.05, 0) is 62.1 Å². The fourth-order valence-corrected chi connectivity index (χ4v) is 6.29. The van der Waals surface area contributed by atoms with Crippen LogP contribution < -0.4 is 5.32 Å². The molecular formula is C27H39F3N2O4. The van der Waals surface area contributed by atoms with Crippen LogP contribution in [0, 0.1) is 11.3 Å². The third-order valence-electron chi connectivity index (χ3n) is 8.74. The molecule has 2 aliphatic heterocycles. The van der Waals surface area contributed by atoms with Gasteiger partial charge in [-0.15, -0.1) is 0 Å². The van der Waals surface area contributed by atoms with Crippen LogP contribution in [0.5, 0.6) is 0 Å². The van der Waals surface area contributed by atoms with Crippen LogP contribution in [0.4, 0.5) is 13.2 Å². The SMILES string of the molecule is COC1COCCC1NC1CCC(C(=O)N2CCC(O)(c3cccc(C(F)(F)F)c3)CC2)(C(C)C)C1. The van der Waals surface area contributed by atoms with Crippen molar-refractivity contribution in [3.05, 3.63) is 35.4 Å². The number of nitrogens with one attached hydrogen (secondary N) is 1. The zero-order chi connectivity index (χ0) is 26.1. The first-order valence-electron chi connectivity index (χ1n) is 13.0. The van der Waals surface area contributed by atoms with Crippen molar-refractivity contribution in [3.8, 4) is 0 Å². The average Bonchev–Trinajstić information content (AvgIpc) is 3.29. The smallest absolute Gasteiger partial charge is 0.385 e. The molecule has 2 saturated heterocycles. The van der Waals surface area contributed by atoms with Gasteiger partial charge in [-0.1, -0.05) is 26.0 Å². The van der Waals surface area contributed by atoms with Crippen molar-refractivity contribution in [2.45, 2.75) is 82.3 Å². The molecule has 36 heavy (non-hydrogen) atoms. The lowest BCUT2D eigenvalue weighted by molar-refractivity contribution is -0.149. The molecule has 0 bridgehead atoms. The van der Waals surface area contributed by atoms with Gasteiger partial charge in [0.1, 0.15) is 0 Å². The van der Waals surface area contributed by atoms with Crippen LogP contribution in [-0.2, 0) is 26.0 Å². The highest BCUT2D eigenvalue weighted by atomic mass is 19.4. The van der Waals surface area contributed by atoms with Crippen LogP contribution in [-0.4, -0.2) is 67.5 Å². The number of piperidine rings is 1. The minimum atomic E-state index is -4.46. The minimum absolute atomic E-state index is 0.000813. The second-order valence-corrected chi connectivity index (χ2v) is 11.1. The number of carbonyl (C=O) groups is 1. The van der Waals surface area contributed by atoms with Crippen LogP contribution in [0.1, 0.15) is 63.5 Å². The lowest BCUT2D eigenvalue weighted by atomic mass is 9.73. The first-order valence-corrected chi connectivity index (χ1v) is 13.0. The van der Waals surface area contributed by atoms with Crippen LogP contribution in [0.2, 0.25) is 0 Å². The minimum Gasteiger partial charge on any atom is -0.385 e. The maximum Gasteiger partial charge on any atom is 0.416 e. The highest BCUT2D eigenvalue weighted by Crippen LogP contribution is 2.47. The predicted molar refractivity (Wildman–Crippen MR) is 129 cm³/mol. The number of carbonyl (C=O) groups excluding carboxylic acids is 1. The summed E-state index contributed by atoms with van der Waals surface area (Å²) in [4.78, 5) is 15.7. The molecule has 2 heterocycles. The van der Waals surface area contributed by atoms with E-state index in [1.807, 2.05) is 4.90 Å². The van der Waals surface area contributed by atoms with Gasteiger partial charge >= 0.3 is 6.18 Å². The zero-order valence-electron chi connectivity index (χ0n) is 21.4. The van der Waals surface area contributed by atoms with Crippen molar-refractivity contribution in [2.24, 2.45) is 11.3 Å². The normalized spacial score (nSPS) is 31.1. The number of rotatable bonds is 6. The van der Waals surface area contributed by atoms with Gasteiger partial charge in [0.15, 0.2) is 0 Å². The predicted octanol–water partition coefficient (Wildman–Crippen LogP) is 4.10. The fraction of sp³-hybridized carbons (Fsp3) is 0.741. The number of hydrogen-bond donors (Lipinski definition) is 2. The lowest BCUT2D eigenvalue weighted by Gasteiger charge is -2.43. The summed E-state index contributed by atoms with van der Waals surface area (Å²) in [6.45, 7) is 6.09. The summed E-state index contributed by atoms with van der Waals surface area (Å²) in [7, 11) is 1.70. The molecule has 0 radical (unpaired) electrons. The van der Waals surface area contributed by atoms with E-state index >= 15 is 0 Å². The number of aliphatic hydroxyl groups is 1. The van der Waals surface area contributed by atoms with Gasteiger partial charge in [-0.3, -0.25) is 4.79 Å². The summed E-state index contributed by atoms with van der Waals surface area (Å²) in [6.07, 6.45) is -0.729. The van der Waals surface area contributed by atoms with Gasteiger partial charge in [0.25, 0.3) is 0 Å². The van der Waals surface area contributed by atoms with Gasteiger partial charge in [-0.2, -0.15) is 13.2 Å². The molecule has 1 aromatic carbocycles. The number of likely N-dealkylation sites (tertiary alicyclic amines) is 1. The summed E-state index contributed by atoms with van der Waals surface area (Å²) in [5.74, 6) is 0.247. The van der Waals surface area contributed by atoms with E-state index in [0.29, 0.717) is 26.3 Å². The molecule has 0 spiro atoms. The number of alkyl halides is 3. The third-order valence-corrected chi connectivity index (χ3v) is 8.74. The van der Waals surface area contributed by atoms with E-state index in [4.69, 9.17) is 9.47 Å². The number of hydrogen-bond acceptors (Lipinski definition) is 5. The Hall–Kier alpha value is -1.68. The molecule has 3 aliphatic rings. The third kappa shape index (κ3) is 5.44. The molecule has 2 N–H and O–H groups in total. The highest BCUT2D eigenvalue weighted by molar-refractivity contribution is 5.83. The van der Waals surface area contributed by atoms with E-state index in [1.54, 1.807) is 13.2 Å². The van der Waals surface area contributed by atoms with Crippen LogP contribution in [0.3, 0.4) is 0 Å². The second kappa shape index (κ2) is 10.6. The van der Waals surface area contributed by atoms with E-state index in [0.717, 1.165) is 37.8 Å². The number of benzene rings is 1. The Kier molecular flexibility index (Phi) is 8.05. The molecule has 4 unspecified atom stereocenters. The van der Waals surface area contributed by atoms with E-state index in [2.05, 4.69) is 19.2 Å². The van der Waals surface area contributed by atoms with Crippen LogP contribution in [0.25, 0.3) is 0 Å². The van der Waals surface area contributed by atoms with Gasteiger partial charge < -0.3 is 24.8 Å². The summed E-state index contributed by atoms with van der Waals surface area (Å²) in [5, 5.41) is 14.9. The Morgan fingerprint density at radius 2 is 1.94 bits per heavy atom. The maximum atomic E-state index is 13.9. The Bertz CT molecular complexity index is 917. The topological polar surface area (TPSA) is 71.0 Å². The molecule has 1 amide bonds. The Morgan fingerprint density at radius 1 is 1.22 bits per heavy atom. The van der Waals surface area contributed by atoms with Crippen LogP contribution in [0.15, 0.2) is 24.3 Å². The van der Waals surface area contributed by atoms with Crippen molar-refractivity contribution in [1.82, 2.24) is 10.2 Å². The second-order valence-electron chi connectivity index (χ2n) is 11.1. The molecule has 4 rings (SSSR count). The Labute approximate surface area is 211 Å². The molecule has 202 valence electrons. The fourth-order valence-electron chi connectivity index (χ4n) is 6.29. The van der Waals surface area contributed by atoms with Gasteiger partial charge in [-0.25, -0.2) is 0 Å². The lowest BCUT2D eigenvalue weighted by Crippen LogP contribution is -2.53. The van der Waals surface area contributed by atoms with E-state index in [1.165, 1.54) is 6.07 Å². The van der Waals surface area contributed by atoms with Crippen molar-refractivity contribution >= 4 is 5.91 Å². The summed E-state index contributed by atoms with van der Waals surface area (Å²) >= 11 is 0. The molecule has 1 aliphatic carbocycles. The van der Waals surface area contributed by atoms with E-state index < -0.39 is 22.8 Å². The van der Waals surface area contributed by atoms with Crippen molar-refractivity contribution in [3.63, 3.8) is 0 Å². The molecule has 1 saturated carbocycles. The number of halogens is 3. The number of methoxy groups -OCH3 is 1. The Morgan fingerprint density at radius 3 is 2.58 bits per heavy atom. The quantitative estimate of drug-likeness (QED) is 0.601. The van der Waals surface area contributed by atoms with Crippen LogP contribution >= 0.6 is 0 Å². The Balaban J connectivity index is 1.42.